The molecule has 1 heterocycles. The van der Waals surface area contributed by atoms with Gasteiger partial charge in [-0.1, -0.05) is 33.1 Å². The minimum absolute atomic E-state index is 0.741. The maximum absolute atomic E-state index is 2.70. The lowest BCUT2D eigenvalue weighted by atomic mass is 9.45. The summed E-state index contributed by atoms with van der Waals surface area (Å²) in [4.78, 5) is 0. The summed E-state index contributed by atoms with van der Waals surface area (Å²) in [5, 5.41) is 2.39. The molecule has 0 aromatic rings. The van der Waals surface area contributed by atoms with Gasteiger partial charge in [-0.05, 0) is 105 Å². The molecule has 0 spiro atoms. The van der Waals surface area contributed by atoms with E-state index in [0.717, 1.165) is 34.5 Å². The Balaban J connectivity index is 0.000000223. The maximum atomic E-state index is 2.70. The number of quaternary nitrogens is 1. The van der Waals surface area contributed by atoms with Gasteiger partial charge in [0.25, 0.3) is 0 Å². The molecule has 0 aromatic heterocycles. The minimum Gasteiger partial charge on any atom is -0.346 e. The SMILES string of the molecule is C1CC[NH2+]CC1.C[C@@]12CCC[C@H]1[C@@H]1CCC3CCCC[C@]3(C)[C@H]1CC2. The molecule has 0 radical (unpaired) electrons. The van der Waals surface area contributed by atoms with E-state index in [-0.39, 0.29) is 0 Å². The van der Waals surface area contributed by atoms with E-state index in [1.54, 1.807) is 51.4 Å². The lowest BCUT2D eigenvalue weighted by molar-refractivity contribution is -0.662. The lowest BCUT2D eigenvalue weighted by Crippen LogP contribution is -2.85. The van der Waals surface area contributed by atoms with Gasteiger partial charge in [0.1, 0.15) is 0 Å². The summed E-state index contributed by atoms with van der Waals surface area (Å²) < 4.78 is 0. The van der Waals surface area contributed by atoms with Crippen LogP contribution >= 0.6 is 0 Å². The smallest absolute Gasteiger partial charge is 0.0755 e. The van der Waals surface area contributed by atoms with Crippen molar-refractivity contribution < 1.29 is 5.32 Å². The topological polar surface area (TPSA) is 16.6 Å². The highest BCUT2D eigenvalue weighted by Crippen LogP contribution is 2.66. The third-order valence-corrected chi connectivity index (χ3v) is 9.68. The highest BCUT2D eigenvalue weighted by Gasteiger charge is 2.56. The molecular weight excluding hydrogens is 302 g/mol. The van der Waals surface area contributed by atoms with Gasteiger partial charge in [-0.15, -0.1) is 0 Å². The van der Waals surface area contributed by atoms with E-state index in [1.807, 2.05) is 0 Å². The summed E-state index contributed by atoms with van der Waals surface area (Å²) in [5.41, 5.74) is 1.49. The Hall–Kier alpha value is -0.0400. The number of rotatable bonds is 0. The van der Waals surface area contributed by atoms with Crippen molar-refractivity contribution in [3.8, 4) is 0 Å². The van der Waals surface area contributed by atoms with Gasteiger partial charge in [0.2, 0.25) is 0 Å². The van der Waals surface area contributed by atoms with Gasteiger partial charge in [-0.3, -0.25) is 0 Å². The van der Waals surface area contributed by atoms with Crippen molar-refractivity contribution in [2.24, 2.45) is 34.5 Å². The molecule has 1 aliphatic heterocycles. The molecule has 1 nitrogen and oxygen atoms in total. The molecule has 0 aromatic carbocycles. The zero-order valence-corrected chi connectivity index (χ0v) is 17.2. The number of fused-ring (bicyclic) bond motifs is 5. The third kappa shape index (κ3) is 3.44. The molecule has 6 atom stereocenters. The van der Waals surface area contributed by atoms with Gasteiger partial charge in [0.05, 0.1) is 13.1 Å². The first kappa shape index (κ1) is 18.3. The molecule has 5 aliphatic rings. The summed E-state index contributed by atoms with van der Waals surface area (Å²) in [6, 6.07) is 0. The number of hydrogen-bond donors (Lipinski definition) is 1. The monoisotopic (exact) mass is 346 g/mol. The number of hydrogen-bond acceptors (Lipinski definition) is 0. The predicted octanol–water partition coefficient (Wildman–Crippen LogP) is 5.54. The van der Waals surface area contributed by atoms with E-state index in [0.29, 0.717) is 0 Å². The molecule has 25 heavy (non-hydrogen) atoms. The molecule has 144 valence electrons. The second kappa shape index (κ2) is 7.53. The van der Waals surface area contributed by atoms with Crippen LogP contribution in [0.15, 0.2) is 0 Å². The molecule has 2 N–H and O–H groups in total. The Bertz CT molecular complexity index is 430. The zero-order valence-electron chi connectivity index (χ0n) is 17.2. The van der Waals surface area contributed by atoms with Crippen LogP contribution in [-0.2, 0) is 0 Å². The first-order chi connectivity index (χ1) is 12.1. The molecule has 1 unspecified atom stereocenters. The van der Waals surface area contributed by atoms with Crippen LogP contribution in [0.3, 0.4) is 0 Å². The van der Waals surface area contributed by atoms with Crippen LogP contribution in [0.25, 0.3) is 0 Å². The van der Waals surface area contributed by atoms with Gasteiger partial charge in [-0.25, -0.2) is 0 Å². The van der Waals surface area contributed by atoms with E-state index in [4.69, 9.17) is 0 Å². The van der Waals surface area contributed by atoms with Crippen LogP contribution < -0.4 is 5.32 Å². The fraction of sp³-hybridized carbons (Fsp3) is 1.00. The van der Waals surface area contributed by atoms with E-state index in [9.17, 15) is 0 Å². The van der Waals surface area contributed by atoms with Crippen molar-refractivity contribution in [1.82, 2.24) is 0 Å². The largest absolute Gasteiger partial charge is 0.346 e. The zero-order chi connectivity index (χ0) is 17.3. The quantitative estimate of drug-likeness (QED) is 0.593. The summed E-state index contributed by atoms with van der Waals surface area (Å²) in [7, 11) is 0. The van der Waals surface area contributed by atoms with Gasteiger partial charge in [0.15, 0.2) is 0 Å². The third-order valence-electron chi connectivity index (χ3n) is 9.68. The molecular formula is C24H44N+. The summed E-state index contributed by atoms with van der Waals surface area (Å²) >= 11 is 0. The molecule has 0 bridgehead atoms. The summed E-state index contributed by atoms with van der Waals surface area (Å²) in [5.74, 6) is 4.41. The molecule has 4 saturated carbocycles. The lowest BCUT2D eigenvalue weighted by Gasteiger charge is -2.60. The van der Waals surface area contributed by atoms with Crippen molar-refractivity contribution in [3.63, 3.8) is 0 Å². The van der Waals surface area contributed by atoms with Gasteiger partial charge in [0, 0.05) is 0 Å². The molecule has 4 aliphatic carbocycles. The Morgan fingerprint density at radius 3 is 2.20 bits per heavy atom. The first-order valence-corrected chi connectivity index (χ1v) is 12.0. The van der Waals surface area contributed by atoms with E-state index >= 15 is 0 Å². The van der Waals surface area contributed by atoms with Crippen LogP contribution in [0.5, 0.6) is 0 Å². The summed E-state index contributed by atoms with van der Waals surface area (Å²) in [6.45, 7) is 8.08. The first-order valence-electron chi connectivity index (χ1n) is 12.0. The Morgan fingerprint density at radius 1 is 0.640 bits per heavy atom. The van der Waals surface area contributed by atoms with Crippen LogP contribution in [0.4, 0.5) is 0 Å². The van der Waals surface area contributed by atoms with E-state index in [1.165, 1.54) is 51.6 Å². The van der Waals surface area contributed by atoms with Gasteiger partial charge >= 0.3 is 0 Å². The van der Waals surface area contributed by atoms with Crippen molar-refractivity contribution in [2.45, 2.75) is 104 Å². The number of piperidine rings is 1. The van der Waals surface area contributed by atoms with E-state index in [2.05, 4.69) is 19.2 Å². The van der Waals surface area contributed by atoms with Crippen LogP contribution in [-0.4, -0.2) is 13.1 Å². The van der Waals surface area contributed by atoms with Crippen LogP contribution in [0.1, 0.15) is 104 Å². The molecule has 1 heteroatoms. The summed E-state index contributed by atoms with van der Waals surface area (Å²) in [6.07, 6.45) is 21.5. The highest BCUT2D eigenvalue weighted by molar-refractivity contribution is 5.06. The Labute approximate surface area is 157 Å². The fourth-order valence-corrected chi connectivity index (χ4v) is 8.19. The average Bonchev–Trinajstić information content (AvgIpc) is 3.05. The van der Waals surface area contributed by atoms with Gasteiger partial charge < -0.3 is 5.32 Å². The standard InChI is InChI=1S/C19H32.C5H11N/c1-18-11-5-7-16(18)15-9-8-14-6-3-4-12-19(14,2)17(15)10-13-18;1-2-4-6-5-3-1/h14-17H,3-13H2,1-2H3;6H,1-5H2/p+1/t14?,15-,16-,17-,18-,19-;/m0./s1. The second-order valence-corrected chi connectivity index (χ2v) is 10.9. The molecule has 1 saturated heterocycles. The van der Waals surface area contributed by atoms with Crippen molar-refractivity contribution in [2.75, 3.05) is 13.1 Å². The molecule has 5 rings (SSSR count). The van der Waals surface area contributed by atoms with Crippen LogP contribution in [0, 0.1) is 34.5 Å². The Morgan fingerprint density at radius 2 is 1.48 bits per heavy atom. The minimum atomic E-state index is 0.741. The number of nitrogens with two attached hydrogens (primary N) is 1. The highest BCUT2D eigenvalue weighted by atomic mass is 14.9. The molecule has 5 fully saturated rings. The van der Waals surface area contributed by atoms with Crippen molar-refractivity contribution >= 4 is 0 Å². The van der Waals surface area contributed by atoms with E-state index < -0.39 is 0 Å². The second-order valence-electron chi connectivity index (χ2n) is 10.9. The Kier molecular flexibility index (Phi) is 5.52. The maximum Gasteiger partial charge on any atom is 0.0755 e. The van der Waals surface area contributed by atoms with Gasteiger partial charge in [-0.2, -0.15) is 0 Å². The van der Waals surface area contributed by atoms with Crippen molar-refractivity contribution in [3.05, 3.63) is 0 Å². The normalized spacial score (nSPS) is 49.2. The molecule has 0 amide bonds. The average molecular weight is 347 g/mol. The predicted molar refractivity (Wildman–Crippen MR) is 106 cm³/mol. The van der Waals surface area contributed by atoms with Crippen LogP contribution in [0.2, 0.25) is 0 Å². The van der Waals surface area contributed by atoms with Crippen molar-refractivity contribution in [1.29, 1.82) is 0 Å². The fourth-order valence-electron chi connectivity index (χ4n) is 8.19.